The molecule has 4 heteroatoms. The predicted molar refractivity (Wildman–Crippen MR) is 70.6 cm³/mol. The van der Waals surface area contributed by atoms with Gasteiger partial charge in [0.2, 0.25) is 5.88 Å². The van der Waals surface area contributed by atoms with E-state index in [9.17, 15) is 0 Å². The summed E-state index contributed by atoms with van der Waals surface area (Å²) in [5.41, 5.74) is 0.955. The van der Waals surface area contributed by atoms with Crippen molar-refractivity contribution >= 4 is 5.82 Å². The summed E-state index contributed by atoms with van der Waals surface area (Å²) in [6.07, 6.45) is 4.55. The van der Waals surface area contributed by atoms with Crippen LogP contribution in [0.1, 0.15) is 31.2 Å². The highest BCUT2D eigenvalue weighted by Gasteiger charge is 2.10. The lowest BCUT2D eigenvalue weighted by molar-refractivity contribution is 0.308. The van der Waals surface area contributed by atoms with Crippen molar-refractivity contribution in [1.82, 2.24) is 9.97 Å². The Kier molecular flexibility index (Phi) is 5.46. The number of anilines is 1. The van der Waals surface area contributed by atoms with E-state index in [0.717, 1.165) is 36.5 Å². The van der Waals surface area contributed by atoms with Crippen LogP contribution in [0.25, 0.3) is 0 Å². The summed E-state index contributed by atoms with van der Waals surface area (Å²) in [5, 5.41) is 3.07. The summed E-state index contributed by atoms with van der Waals surface area (Å²) in [5.74, 6) is 2.35. The lowest BCUT2D eigenvalue weighted by atomic mass is 10.3. The van der Waals surface area contributed by atoms with Crippen molar-refractivity contribution in [3.63, 3.8) is 0 Å². The smallest absolute Gasteiger partial charge is 0.221 e. The zero-order valence-electron chi connectivity index (χ0n) is 10.9. The van der Waals surface area contributed by atoms with Crippen molar-refractivity contribution in [3.05, 3.63) is 24.0 Å². The standard InChI is InChI=1S/C13H21N3O/c1-5-7-9-17-13-10(3)12(14-4)15-11(16-13)8-6-2/h5H,1,6-9H2,2-4H3,(H,14,15,16). The average Bonchev–Trinajstić information content (AvgIpc) is 2.33. The number of aromatic nitrogens is 2. The number of ether oxygens (including phenoxy) is 1. The fraction of sp³-hybridized carbons (Fsp3) is 0.538. The maximum Gasteiger partial charge on any atom is 0.221 e. The Bertz CT molecular complexity index is 377. The summed E-state index contributed by atoms with van der Waals surface area (Å²) >= 11 is 0. The molecule has 1 aromatic heterocycles. The second-order valence-electron chi connectivity index (χ2n) is 3.84. The van der Waals surface area contributed by atoms with Crippen LogP contribution in [-0.4, -0.2) is 23.6 Å². The normalized spacial score (nSPS) is 10.1. The molecule has 0 aliphatic heterocycles. The van der Waals surface area contributed by atoms with Crippen LogP contribution >= 0.6 is 0 Å². The Morgan fingerprint density at radius 3 is 2.76 bits per heavy atom. The second kappa shape index (κ2) is 6.89. The van der Waals surface area contributed by atoms with Gasteiger partial charge in [0.05, 0.1) is 12.2 Å². The molecule has 0 fully saturated rings. The fourth-order valence-corrected chi connectivity index (χ4v) is 1.50. The summed E-state index contributed by atoms with van der Waals surface area (Å²) in [6.45, 7) is 8.35. The first kappa shape index (κ1) is 13.5. The lowest BCUT2D eigenvalue weighted by Crippen LogP contribution is -2.07. The highest BCUT2D eigenvalue weighted by Crippen LogP contribution is 2.22. The molecule has 1 aromatic rings. The molecular weight excluding hydrogens is 214 g/mol. The number of nitrogens with zero attached hydrogens (tertiary/aromatic N) is 2. The Morgan fingerprint density at radius 1 is 1.41 bits per heavy atom. The van der Waals surface area contributed by atoms with Crippen molar-refractivity contribution in [2.45, 2.75) is 33.1 Å². The van der Waals surface area contributed by atoms with Gasteiger partial charge >= 0.3 is 0 Å². The van der Waals surface area contributed by atoms with Gasteiger partial charge in [-0.15, -0.1) is 6.58 Å². The predicted octanol–water partition coefficient (Wildman–Crippen LogP) is 2.73. The molecule has 0 saturated heterocycles. The van der Waals surface area contributed by atoms with Gasteiger partial charge in [0.25, 0.3) is 0 Å². The minimum atomic E-state index is 0.607. The van der Waals surface area contributed by atoms with Gasteiger partial charge in [0, 0.05) is 13.5 Å². The van der Waals surface area contributed by atoms with Crippen molar-refractivity contribution in [1.29, 1.82) is 0 Å². The van der Waals surface area contributed by atoms with Crippen LogP contribution in [0.3, 0.4) is 0 Å². The minimum Gasteiger partial charge on any atom is -0.477 e. The molecule has 0 bridgehead atoms. The van der Waals surface area contributed by atoms with Gasteiger partial charge in [-0.25, -0.2) is 4.98 Å². The van der Waals surface area contributed by atoms with Crippen LogP contribution in [0.15, 0.2) is 12.7 Å². The molecule has 0 saturated carbocycles. The molecule has 0 radical (unpaired) electrons. The Hall–Kier alpha value is -1.58. The number of nitrogens with one attached hydrogen (secondary N) is 1. The van der Waals surface area contributed by atoms with Gasteiger partial charge in [-0.1, -0.05) is 13.0 Å². The molecule has 0 atom stereocenters. The number of aryl methyl sites for hydroxylation is 1. The maximum atomic E-state index is 5.64. The van der Waals surface area contributed by atoms with E-state index < -0.39 is 0 Å². The molecule has 4 nitrogen and oxygen atoms in total. The molecule has 1 rings (SSSR count). The monoisotopic (exact) mass is 235 g/mol. The van der Waals surface area contributed by atoms with Crippen molar-refractivity contribution in [3.8, 4) is 5.88 Å². The third-order valence-corrected chi connectivity index (χ3v) is 2.42. The largest absolute Gasteiger partial charge is 0.477 e. The third-order valence-electron chi connectivity index (χ3n) is 2.42. The zero-order chi connectivity index (χ0) is 12.7. The number of hydrogen-bond acceptors (Lipinski definition) is 4. The number of rotatable bonds is 7. The van der Waals surface area contributed by atoms with Gasteiger partial charge in [0.1, 0.15) is 11.6 Å². The first-order valence-corrected chi connectivity index (χ1v) is 6.01. The Morgan fingerprint density at radius 2 is 2.18 bits per heavy atom. The van der Waals surface area contributed by atoms with E-state index in [1.807, 2.05) is 20.0 Å². The van der Waals surface area contributed by atoms with E-state index in [2.05, 4.69) is 28.8 Å². The molecule has 17 heavy (non-hydrogen) atoms. The van der Waals surface area contributed by atoms with Crippen LogP contribution in [0, 0.1) is 6.92 Å². The van der Waals surface area contributed by atoms with Gasteiger partial charge in [-0.05, 0) is 19.8 Å². The van der Waals surface area contributed by atoms with Crippen LogP contribution in [0.2, 0.25) is 0 Å². The molecule has 1 heterocycles. The van der Waals surface area contributed by atoms with Gasteiger partial charge in [-0.2, -0.15) is 4.98 Å². The minimum absolute atomic E-state index is 0.607. The van der Waals surface area contributed by atoms with E-state index >= 15 is 0 Å². The average molecular weight is 235 g/mol. The molecule has 0 amide bonds. The molecular formula is C13H21N3O. The van der Waals surface area contributed by atoms with E-state index in [4.69, 9.17) is 4.74 Å². The highest BCUT2D eigenvalue weighted by atomic mass is 16.5. The number of hydrogen-bond donors (Lipinski definition) is 1. The summed E-state index contributed by atoms with van der Waals surface area (Å²) in [7, 11) is 1.86. The summed E-state index contributed by atoms with van der Waals surface area (Å²) in [4.78, 5) is 8.88. The fourth-order valence-electron chi connectivity index (χ4n) is 1.50. The molecule has 0 spiro atoms. The SMILES string of the molecule is C=CCCOc1nc(CCC)nc(NC)c1C. The topological polar surface area (TPSA) is 47.0 Å². The first-order chi connectivity index (χ1) is 8.22. The van der Waals surface area contributed by atoms with E-state index in [-0.39, 0.29) is 0 Å². The molecule has 0 aliphatic carbocycles. The van der Waals surface area contributed by atoms with Gasteiger partial charge in [0.15, 0.2) is 0 Å². The van der Waals surface area contributed by atoms with Crippen molar-refractivity contribution in [2.75, 3.05) is 19.0 Å². The second-order valence-corrected chi connectivity index (χ2v) is 3.84. The Balaban J connectivity index is 2.91. The highest BCUT2D eigenvalue weighted by molar-refractivity contribution is 5.48. The van der Waals surface area contributed by atoms with Crippen molar-refractivity contribution < 1.29 is 4.74 Å². The van der Waals surface area contributed by atoms with E-state index in [0.29, 0.717) is 12.5 Å². The summed E-state index contributed by atoms with van der Waals surface area (Å²) < 4.78 is 5.64. The van der Waals surface area contributed by atoms with E-state index in [1.165, 1.54) is 0 Å². The van der Waals surface area contributed by atoms with E-state index in [1.54, 1.807) is 0 Å². The maximum absolute atomic E-state index is 5.64. The quantitative estimate of drug-likeness (QED) is 0.583. The van der Waals surface area contributed by atoms with Gasteiger partial charge < -0.3 is 10.1 Å². The zero-order valence-corrected chi connectivity index (χ0v) is 10.9. The Labute approximate surface area is 103 Å². The van der Waals surface area contributed by atoms with Crippen LogP contribution < -0.4 is 10.1 Å². The molecule has 1 N–H and O–H groups in total. The third kappa shape index (κ3) is 3.73. The van der Waals surface area contributed by atoms with Crippen LogP contribution in [0.5, 0.6) is 5.88 Å². The van der Waals surface area contributed by atoms with Crippen LogP contribution in [-0.2, 0) is 6.42 Å². The molecule has 0 unspecified atom stereocenters. The first-order valence-electron chi connectivity index (χ1n) is 6.01. The molecule has 0 aliphatic rings. The summed E-state index contributed by atoms with van der Waals surface area (Å²) in [6, 6.07) is 0. The lowest BCUT2D eigenvalue weighted by Gasteiger charge is -2.12. The van der Waals surface area contributed by atoms with Gasteiger partial charge in [-0.3, -0.25) is 0 Å². The van der Waals surface area contributed by atoms with Crippen molar-refractivity contribution in [2.24, 2.45) is 0 Å². The molecule has 94 valence electrons. The molecule has 0 aromatic carbocycles. The van der Waals surface area contributed by atoms with Crippen LogP contribution in [0.4, 0.5) is 5.82 Å².